The first-order valence-corrected chi connectivity index (χ1v) is 18.2. The number of carbonyl (C=O) groups is 2. The highest BCUT2D eigenvalue weighted by Gasteiger charge is 2.35. The molecule has 0 fully saturated rings. The molecule has 48 heavy (non-hydrogen) atoms. The number of nitrogens with one attached hydrogen (secondary N) is 2. The number of esters is 1. The molecule has 0 aliphatic heterocycles. The van der Waals surface area contributed by atoms with Gasteiger partial charge in [0, 0.05) is 37.6 Å². The summed E-state index contributed by atoms with van der Waals surface area (Å²) in [5.74, 6) is -3.88. The molecule has 0 aliphatic carbocycles. The van der Waals surface area contributed by atoms with E-state index in [1.54, 1.807) is 19.2 Å². The number of pyridine rings is 1. The van der Waals surface area contributed by atoms with E-state index in [9.17, 15) is 26.8 Å². The van der Waals surface area contributed by atoms with Gasteiger partial charge in [0.1, 0.15) is 23.8 Å². The van der Waals surface area contributed by atoms with Gasteiger partial charge >= 0.3 is 5.97 Å². The smallest absolute Gasteiger partial charge is 0.330 e. The van der Waals surface area contributed by atoms with Crippen LogP contribution in [0.1, 0.15) is 79.1 Å². The van der Waals surface area contributed by atoms with Gasteiger partial charge in [0.2, 0.25) is 0 Å². The number of hydrogen-bond acceptors (Lipinski definition) is 8. The summed E-state index contributed by atoms with van der Waals surface area (Å²) in [6.45, 7) is 8.03. The van der Waals surface area contributed by atoms with Crippen LogP contribution < -0.4 is 16.4 Å². The minimum atomic E-state index is -3.86. The summed E-state index contributed by atoms with van der Waals surface area (Å²) in [7, 11) is -3.86. The van der Waals surface area contributed by atoms with Crippen molar-refractivity contribution in [2.75, 3.05) is 12.3 Å². The number of benzene rings is 2. The van der Waals surface area contributed by atoms with E-state index in [2.05, 4.69) is 15.6 Å². The zero-order valence-electron chi connectivity index (χ0n) is 28.2. The maximum atomic E-state index is 14.0. The van der Waals surface area contributed by atoms with E-state index >= 15 is 0 Å². The van der Waals surface area contributed by atoms with E-state index in [4.69, 9.17) is 10.5 Å². The second kappa shape index (κ2) is 18.7. The minimum Gasteiger partial charge on any atom is -0.458 e. The Labute approximate surface area is 283 Å². The van der Waals surface area contributed by atoms with Crippen molar-refractivity contribution in [3.8, 4) is 0 Å². The first kappa shape index (κ1) is 38.7. The Kier molecular flexibility index (Phi) is 15.1. The van der Waals surface area contributed by atoms with Gasteiger partial charge in [-0.15, -0.1) is 0 Å². The molecule has 1 aromatic heterocycles. The number of nitrogens with zero attached hydrogens (tertiary/aromatic N) is 1. The van der Waals surface area contributed by atoms with Gasteiger partial charge < -0.3 is 21.1 Å². The Bertz CT molecular complexity index is 1600. The summed E-state index contributed by atoms with van der Waals surface area (Å²) in [5, 5.41) is 5.11. The van der Waals surface area contributed by atoms with Crippen molar-refractivity contribution in [3.05, 3.63) is 100 Å². The van der Waals surface area contributed by atoms with Crippen LogP contribution in [0, 0.1) is 18.6 Å². The molecule has 0 spiro atoms. The largest absolute Gasteiger partial charge is 0.458 e. The number of nitrogens with two attached hydrogens (primary N) is 1. The zero-order valence-corrected chi connectivity index (χ0v) is 29.0. The molecule has 1 amide bonds. The molecule has 0 saturated heterocycles. The number of aryl methyl sites for hydroxylation is 2. The number of aromatic nitrogens is 1. The Hall–Kier alpha value is -3.74. The average molecular weight is 687 g/mol. The lowest BCUT2D eigenvalue weighted by atomic mass is 10.0. The minimum absolute atomic E-state index is 0.0427. The number of ether oxygens (including phenoxy) is 1. The van der Waals surface area contributed by atoms with E-state index in [0.717, 1.165) is 35.7 Å². The summed E-state index contributed by atoms with van der Waals surface area (Å²) < 4.78 is 61.1. The van der Waals surface area contributed by atoms with Crippen LogP contribution in [-0.2, 0) is 38.8 Å². The fourth-order valence-electron chi connectivity index (χ4n) is 5.57. The Morgan fingerprint density at radius 3 is 2.23 bits per heavy atom. The van der Waals surface area contributed by atoms with E-state index in [0.29, 0.717) is 37.8 Å². The van der Waals surface area contributed by atoms with Gasteiger partial charge in [-0.25, -0.2) is 22.0 Å². The molecule has 0 bridgehead atoms. The van der Waals surface area contributed by atoms with Gasteiger partial charge in [-0.3, -0.25) is 9.78 Å². The van der Waals surface area contributed by atoms with Crippen molar-refractivity contribution in [2.45, 2.75) is 96.2 Å². The summed E-state index contributed by atoms with van der Waals surface area (Å²) in [6, 6.07) is 10.1. The molecule has 2 aromatic carbocycles. The highest BCUT2D eigenvalue weighted by Crippen LogP contribution is 2.19. The normalized spacial score (nSPS) is 13.6. The van der Waals surface area contributed by atoms with Gasteiger partial charge in [0.25, 0.3) is 5.91 Å². The molecular formula is C36H48F2N4O5S. The van der Waals surface area contributed by atoms with Crippen LogP contribution in [-0.4, -0.2) is 61.0 Å². The van der Waals surface area contributed by atoms with Gasteiger partial charge in [0.05, 0.1) is 16.6 Å². The zero-order chi connectivity index (χ0) is 35.3. The van der Waals surface area contributed by atoms with Crippen molar-refractivity contribution in [1.29, 1.82) is 0 Å². The maximum absolute atomic E-state index is 14.0. The molecule has 0 saturated carbocycles. The fourth-order valence-corrected chi connectivity index (χ4v) is 7.71. The van der Waals surface area contributed by atoms with Crippen molar-refractivity contribution in [1.82, 2.24) is 15.6 Å². The quantitative estimate of drug-likeness (QED) is 0.150. The SMILES string of the molecule is CCCC(CCC)S(=O)(=O)C[C@@H](NC(=O)c1cncc(C)c1)C(=O)O[C@H](CNCc1cccc(CC)c1)[C@@H](N)Cc1cc(F)cc(F)c1. The highest BCUT2D eigenvalue weighted by atomic mass is 32.2. The lowest BCUT2D eigenvalue weighted by molar-refractivity contribution is -0.151. The first-order valence-electron chi connectivity index (χ1n) is 16.5. The molecule has 3 atom stereocenters. The molecule has 0 aliphatic rings. The number of carbonyl (C=O) groups excluding carboxylic acids is 2. The molecule has 1 heterocycles. The maximum Gasteiger partial charge on any atom is 0.330 e. The van der Waals surface area contributed by atoms with Crippen LogP contribution in [0.25, 0.3) is 0 Å². The molecule has 12 heteroatoms. The molecule has 4 N–H and O–H groups in total. The van der Waals surface area contributed by atoms with Crippen molar-refractivity contribution in [3.63, 3.8) is 0 Å². The molecule has 9 nitrogen and oxygen atoms in total. The van der Waals surface area contributed by atoms with Crippen molar-refractivity contribution in [2.24, 2.45) is 5.73 Å². The van der Waals surface area contributed by atoms with E-state index in [1.807, 2.05) is 45.0 Å². The van der Waals surface area contributed by atoms with Crippen molar-refractivity contribution >= 4 is 21.7 Å². The third-order valence-corrected chi connectivity index (χ3v) is 10.4. The van der Waals surface area contributed by atoms with Gasteiger partial charge in [-0.05, 0) is 73.1 Å². The van der Waals surface area contributed by atoms with Gasteiger partial charge in [-0.2, -0.15) is 0 Å². The number of halogens is 2. The molecule has 3 rings (SSSR count). The predicted molar refractivity (Wildman–Crippen MR) is 183 cm³/mol. The van der Waals surface area contributed by atoms with Crippen LogP contribution in [0.4, 0.5) is 8.78 Å². The van der Waals surface area contributed by atoms with Gasteiger partial charge in [-0.1, -0.05) is 57.9 Å². The molecule has 0 radical (unpaired) electrons. The number of amides is 1. The van der Waals surface area contributed by atoms with Gasteiger partial charge in [0.15, 0.2) is 9.84 Å². The van der Waals surface area contributed by atoms with Crippen LogP contribution in [0.2, 0.25) is 0 Å². The second-order valence-corrected chi connectivity index (χ2v) is 14.6. The van der Waals surface area contributed by atoms with Crippen LogP contribution in [0.5, 0.6) is 0 Å². The number of sulfone groups is 1. The van der Waals surface area contributed by atoms with Crippen LogP contribution >= 0.6 is 0 Å². The summed E-state index contributed by atoms with van der Waals surface area (Å²) >= 11 is 0. The Morgan fingerprint density at radius 2 is 1.60 bits per heavy atom. The highest BCUT2D eigenvalue weighted by molar-refractivity contribution is 7.92. The third kappa shape index (κ3) is 12.1. The van der Waals surface area contributed by atoms with E-state index in [-0.39, 0.29) is 24.1 Å². The summed E-state index contributed by atoms with van der Waals surface area (Å²) in [6.07, 6.45) is 4.73. The molecule has 0 unspecified atom stereocenters. The molecule has 3 aromatic rings. The lowest BCUT2D eigenvalue weighted by Gasteiger charge is -2.28. The summed E-state index contributed by atoms with van der Waals surface area (Å²) in [4.78, 5) is 31.2. The Morgan fingerprint density at radius 1 is 0.938 bits per heavy atom. The average Bonchev–Trinajstić information content (AvgIpc) is 3.03. The first-order chi connectivity index (χ1) is 22.8. The Balaban J connectivity index is 1.90. The standard InChI is InChI=1S/C36H48F2N4O5S/c1-5-9-31(10-6-2)48(45,46)23-33(42-35(43)28-13-24(4)19-40-21-28)36(44)47-34(22-41-20-26-12-8-11-25(7-3)14-26)32(39)17-27-15-29(37)18-30(38)16-27/h8,11-16,18-19,21,31-34,41H,5-7,9-10,17,20,22-23,39H2,1-4H3,(H,42,43)/t32-,33+,34+/m0/s1. The monoisotopic (exact) mass is 686 g/mol. The predicted octanol–water partition coefficient (Wildman–Crippen LogP) is 4.98. The fraction of sp³-hybridized carbons (Fsp3) is 0.472. The molecular weight excluding hydrogens is 638 g/mol. The van der Waals surface area contributed by atoms with Crippen molar-refractivity contribution < 1.29 is 31.5 Å². The number of hydrogen-bond donors (Lipinski definition) is 3. The second-order valence-electron chi connectivity index (χ2n) is 12.2. The van der Waals surface area contributed by atoms with Crippen LogP contribution in [0.15, 0.2) is 60.9 Å². The number of rotatable bonds is 19. The topological polar surface area (TPSA) is 140 Å². The van der Waals surface area contributed by atoms with Crippen LogP contribution in [0.3, 0.4) is 0 Å². The van der Waals surface area contributed by atoms with E-state index < -0.39 is 62.5 Å². The summed E-state index contributed by atoms with van der Waals surface area (Å²) in [5.41, 5.74) is 9.77. The van der Waals surface area contributed by atoms with E-state index in [1.165, 1.54) is 6.20 Å². The third-order valence-electron chi connectivity index (χ3n) is 8.07. The lowest BCUT2D eigenvalue weighted by Crippen LogP contribution is -2.52. The molecule has 262 valence electrons.